The summed E-state index contributed by atoms with van der Waals surface area (Å²) in [7, 11) is 1.40. The lowest BCUT2D eigenvalue weighted by Gasteiger charge is -2.22. The van der Waals surface area contributed by atoms with Crippen LogP contribution in [0.25, 0.3) is 0 Å². The average molecular weight is 269 g/mol. The van der Waals surface area contributed by atoms with Crippen molar-refractivity contribution in [2.75, 3.05) is 13.7 Å². The third kappa shape index (κ3) is 3.93. The van der Waals surface area contributed by atoms with Crippen molar-refractivity contribution >= 4 is 5.97 Å². The van der Waals surface area contributed by atoms with Gasteiger partial charge in [0.25, 0.3) is 0 Å². The first-order valence-corrected chi connectivity index (χ1v) is 7.63. The Labute approximate surface area is 116 Å². The van der Waals surface area contributed by atoms with Crippen molar-refractivity contribution in [2.24, 2.45) is 11.7 Å². The van der Waals surface area contributed by atoms with Gasteiger partial charge in [0.15, 0.2) is 0 Å². The van der Waals surface area contributed by atoms with Gasteiger partial charge in [0.1, 0.15) is 5.54 Å². The monoisotopic (exact) mass is 269 g/mol. The maximum Gasteiger partial charge on any atom is 0.325 e. The zero-order valence-corrected chi connectivity index (χ0v) is 12.0. The Bertz CT molecular complexity index is 300. The van der Waals surface area contributed by atoms with Gasteiger partial charge in [-0.1, -0.05) is 25.7 Å². The number of ether oxygens (including phenoxy) is 2. The predicted octanol–water partition coefficient (Wildman–Crippen LogP) is 2.40. The molecule has 0 aromatic heterocycles. The highest BCUT2D eigenvalue weighted by Gasteiger charge is 2.43. The minimum absolute atomic E-state index is 0.132. The molecule has 0 amide bonds. The molecule has 0 heterocycles. The van der Waals surface area contributed by atoms with Crippen LogP contribution in [0.3, 0.4) is 0 Å². The summed E-state index contributed by atoms with van der Waals surface area (Å²) in [4.78, 5) is 11.6. The van der Waals surface area contributed by atoms with E-state index in [0.29, 0.717) is 18.8 Å². The van der Waals surface area contributed by atoms with Crippen molar-refractivity contribution < 1.29 is 14.3 Å². The van der Waals surface area contributed by atoms with Gasteiger partial charge in [-0.25, -0.2) is 0 Å². The number of nitrogens with two attached hydrogens (primary N) is 1. The van der Waals surface area contributed by atoms with Gasteiger partial charge in [-0.2, -0.15) is 0 Å². The van der Waals surface area contributed by atoms with Gasteiger partial charge in [0, 0.05) is 13.0 Å². The molecule has 2 N–H and O–H groups in total. The maximum atomic E-state index is 11.6. The molecule has 0 bridgehead atoms. The molecule has 2 atom stereocenters. The molecule has 2 aliphatic rings. The lowest BCUT2D eigenvalue weighted by Crippen LogP contribution is -2.46. The number of hydrogen-bond donors (Lipinski definition) is 1. The summed E-state index contributed by atoms with van der Waals surface area (Å²) in [5, 5.41) is 0. The molecule has 0 spiro atoms. The van der Waals surface area contributed by atoms with Crippen LogP contribution in [0.1, 0.15) is 57.8 Å². The van der Waals surface area contributed by atoms with Crippen LogP contribution < -0.4 is 5.73 Å². The van der Waals surface area contributed by atoms with E-state index in [-0.39, 0.29) is 12.1 Å². The van der Waals surface area contributed by atoms with Gasteiger partial charge < -0.3 is 15.2 Å². The van der Waals surface area contributed by atoms with Crippen LogP contribution in [-0.2, 0) is 14.3 Å². The van der Waals surface area contributed by atoms with E-state index in [0.717, 1.165) is 13.0 Å². The number of methoxy groups -OCH3 is 1. The zero-order chi connectivity index (χ0) is 13.7. The first kappa shape index (κ1) is 14.8. The average Bonchev–Trinajstić information content (AvgIpc) is 2.65. The minimum atomic E-state index is -0.817. The van der Waals surface area contributed by atoms with Crippen LogP contribution in [0.15, 0.2) is 0 Å². The Hall–Kier alpha value is -0.610. The van der Waals surface area contributed by atoms with Crippen molar-refractivity contribution in [3.8, 4) is 0 Å². The number of carbonyl (C=O) groups is 1. The van der Waals surface area contributed by atoms with Crippen molar-refractivity contribution in [1.29, 1.82) is 0 Å². The van der Waals surface area contributed by atoms with Crippen molar-refractivity contribution in [1.82, 2.24) is 0 Å². The van der Waals surface area contributed by atoms with E-state index < -0.39 is 5.54 Å². The second-order valence-electron chi connectivity index (χ2n) is 6.20. The molecule has 0 saturated heterocycles. The molecule has 4 nitrogen and oxygen atoms in total. The number of carbonyl (C=O) groups excluding carboxylic acids is 1. The first-order chi connectivity index (χ1) is 9.14. The van der Waals surface area contributed by atoms with Crippen molar-refractivity contribution in [2.45, 2.75) is 69.4 Å². The van der Waals surface area contributed by atoms with Gasteiger partial charge in [-0.3, -0.25) is 4.79 Å². The summed E-state index contributed by atoms with van der Waals surface area (Å²) in [6.07, 6.45) is 10.3. The fraction of sp³-hybridized carbons (Fsp3) is 0.933. The lowest BCUT2D eigenvalue weighted by atomic mass is 9.99. The van der Waals surface area contributed by atoms with E-state index in [1.54, 1.807) is 0 Å². The molecule has 2 rings (SSSR count). The summed E-state index contributed by atoms with van der Waals surface area (Å²) >= 11 is 0. The van der Waals surface area contributed by atoms with E-state index in [4.69, 9.17) is 15.2 Å². The molecular weight excluding hydrogens is 242 g/mol. The Kier molecular flexibility index (Phi) is 5.22. The van der Waals surface area contributed by atoms with Crippen LogP contribution in [0.5, 0.6) is 0 Å². The number of esters is 1. The van der Waals surface area contributed by atoms with E-state index in [1.165, 1.54) is 45.6 Å². The summed E-state index contributed by atoms with van der Waals surface area (Å²) in [5.74, 6) is 0.404. The molecule has 0 aromatic rings. The maximum absolute atomic E-state index is 11.6. The van der Waals surface area contributed by atoms with E-state index in [1.807, 2.05) is 0 Å². The fourth-order valence-electron chi connectivity index (χ4n) is 3.36. The van der Waals surface area contributed by atoms with Crippen molar-refractivity contribution in [3.05, 3.63) is 0 Å². The molecule has 4 heteroatoms. The van der Waals surface area contributed by atoms with E-state index in [9.17, 15) is 4.79 Å². The Morgan fingerprint density at radius 3 is 2.53 bits per heavy atom. The van der Waals surface area contributed by atoms with Gasteiger partial charge >= 0.3 is 5.97 Å². The third-order valence-electron chi connectivity index (χ3n) is 4.64. The van der Waals surface area contributed by atoms with E-state index >= 15 is 0 Å². The van der Waals surface area contributed by atoms with Gasteiger partial charge in [0.2, 0.25) is 0 Å². The minimum Gasteiger partial charge on any atom is -0.468 e. The van der Waals surface area contributed by atoms with Crippen molar-refractivity contribution in [3.63, 3.8) is 0 Å². The second kappa shape index (κ2) is 6.71. The van der Waals surface area contributed by atoms with Gasteiger partial charge in [-0.15, -0.1) is 0 Å². The summed E-state index contributed by atoms with van der Waals surface area (Å²) in [6.45, 7) is 0.835. The summed E-state index contributed by atoms with van der Waals surface area (Å²) in [5.41, 5.74) is 5.27. The lowest BCUT2D eigenvalue weighted by molar-refractivity contribution is -0.147. The molecule has 0 radical (unpaired) electrons. The van der Waals surface area contributed by atoms with Crippen LogP contribution in [0.2, 0.25) is 0 Å². The smallest absolute Gasteiger partial charge is 0.325 e. The van der Waals surface area contributed by atoms with Crippen LogP contribution >= 0.6 is 0 Å². The second-order valence-corrected chi connectivity index (χ2v) is 6.20. The molecule has 2 unspecified atom stereocenters. The van der Waals surface area contributed by atoms with Crippen LogP contribution in [-0.4, -0.2) is 31.3 Å². The highest BCUT2D eigenvalue weighted by molar-refractivity contribution is 5.80. The van der Waals surface area contributed by atoms with Crippen LogP contribution in [0.4, 0.5) is 0 Å². The normalized spacial score (nSPS) is 33.1. The fourth-order valence-corrected chi connectivity index (χ4v) is 3.36. The quantitative estimate of drug-likeness (QED) is 0.629. The predicted molar refractivity (Wildman–Crippen MR) is 73.7 cm³/mol. The molecule has 2 saturated carbocycles. The summed E-state index contributed by atoms with van der Waals surface area (Å²) < 4.78 is 10.8. The molecule has 2 aliphatic carbocycles. The standard InChI is InChI=1S/C15H27NO3/c1-18-14(17)15(16)9-8-13(10-15)19-11-12-6-4-2-3-5-7-12/h12-13H,2-11,16H2,1H3. The third-order valence-corrected chi connectivity index (χ3v) is 4.64. The molecule has 0 aromatic carbocycles. The Morgan fingerprint density at radius 1 is 1.21 bits per heavy atom. The SMILES string of the molecule is COC(=O)C1(N)CCC(OCC2CCCCCC2)C1. The topological polar surface area (TPSA) is 61.5 Å². The Balaban J connectivity index is 1.74. The van der Waals surface area contributed by atoms with Crippen LogP contribution in [0, 0.1) is 5.92 Å². The van der Waals surface area contributed by atoms with E-state index in [2.05, 4.69) is 0 Å². The molecule has 19 heavy (non-hydrogen) atoms. The highest BCUT2D eigenvalue weighted by Crippen LogP contribution is 2.32. The molecule has 110 valence electrons. The van der Waals surface area contributed by atoms with Gasteiger partial charge in [0.05, 0.1) is 13.2 Å². The first-order valence-electron chi connectivity index (χ1n) is 7.63. The summed E-state index contributed by atoms with van der Waals surface area (Å²) in [6, 6.07) is 0. The number of hydrogen-bond acceptors (Lipinski definition) is 4. The Morgan fingerprint density at radius 2 is 1.89 bits per heavy atom. The highest BCUT2D eigenvalue weighted by atomic mass is 16.5. The number of rotatable bonds is 4. The molecule has 0 aliphatic heterocycles. The van der Waals surface area contributed by atoms with Gasteiger partial charge in [-0.05, 0) is 31.6 Å². The largest absolute Gasteiger partial charge is 0.468 e. The zero-order valence-electron chi connectivity index (χ0n) is 12.0. The molecular formula is C15H27NO3. The molecule has 2 fully saturated rings.